The van der Waals surface area contributed by atoms with E-state index in [-0.39, 0.29) is 11.9 Å². The molecule has 1 atom stereocenters. The summed E-state index contributed by atoms with van der Waals surface area (Å²) in [5.41, 5.74) is 0.938. The van der Waals surface area contributed by atoms with Crippen molar-refractivity contribution in [1.29, 1.82) is 0 Å². The van der Waals surface area contributed by atoms with Crippen molar-refractivity contribution in [3.8, 4) is 0 Å². The van der Waals surface area contributed by atoms with Crippen LogP contribution in [0.1, 0.15) is 12.5 Å². The molecule has 7 heteroatoms. The van der Waals surface area contributed by atoms with E-state index in [1.54, 1.807) is 11.3 Å². The Hall–Kier alpha value is -1.63. The quantitative estimate of drug-likeness (QED) is 0.886. The molecule has 3 rings (SSSR count). The largest absolute Gasteiger partial charge is 0.351 e. The molecule has 2 heterocycles. The van der Waals surface area contributed by atoms with E-state index in [1.807, 2.05) is 42.8 Å². The fourth-order valence-electron chi connectivity index (χ4n) is 2.81. The Morgan fingerprint density at radius 3 is 2.75 bits per heavy atom. The number of carbonyl (C=O) groups excluding carboxylic acids is 1. The number of carbonyl (C=O) groups is 1. The van der Waals surface area contributed by atoms with E-state index in [2.05, 4.69) is 20.1 Å². The molecule has 1 aromatic carbocycles. The molecule has 1 N–H and O–H groups in total. The fraction of sp³-hybridized carbons (Fsp3) is 0.412. The van der Waals surface area contributed by atoms with Crippen molar-refractivity contribution in [3.63, 3.8) is 0 Å². The lowest BCUT2D eigenvalue weighted by atomic mass is 10.2. The topological polar surface area (TPSA) is 48.5 Å². The lowest BCUT2D eigenvalue weighted by Gasteiger charge is -2.37. The number of halogens is 1. The first-order valence-corrected chi connectivity index (χ1v) is 9.30. The van der Waals surface area contributed by atoms with Gasteiger partial charge in [-0.3, -0.25) is 9.69 Å². The second-order valence-corrected chi connectivity index (χ2v) is 7.10. The van der Waals surface area contributed by atoms with Crippen LogP contribution in [0.25, 0.3) is 0 Å². The van der Waals surface area contributed by atoms with E-state index in [4.69, 9.17) is 11.6 Å². The van der Waals surface area contributed by atoms with Gasteiger partial charge in [-0.25, -0.2) is 4.98 Å². The maximum Gasteiger partial charge on any atom is 0.237 e. The Morgan fingerprint density at radius 1 is 1.33 bits per heavy atom. The summed E-state index contributed by atoms with van der Waals surface area (Å²) >= 11 is 7.79. The number of nitrogens with zero attached hydrogens (tertiary/aromatic N) is 3. The zero-order valence-electron chi connectivity index (χ0n) is 13.6. The minimum absolute atomic E-state index is 0.0395. The predicted octanol–water partition coefficient (Wildman–Crippen LogP) is 2.62. The average Bonchev–Trinajstić information content (AvgIpc) is 3.15. The van der Waals surface area contributed by atoms with Crippen LogP contribution >= 0.6 is 22.9 Å². The highest BCUT2D eigenvalue weighted by molar-refractivity contribution is 7.13. The molecule has 0 aliphatic carbocycles. The molecule has 0 spiro atoms. The SMILES string of the molecule is C[C@H](C(=O)NCc1ccccc1Cl)N1CCN(c2nccs2)CC1. The minimum atomic E-state index is -0.147. The fourth-order valence-corrected chi connectivity index (χ4v) is 3.71. The van der Waals surface area contributed by atoms with Crippen molar-refractivity contribution < 1.29 is 4.79 Å². The molecule has 5 nitrogen and oxygen atoms in total. The molecule has 0 unspecified atom stereocenters. The number of hydrogen-bond donors (Lipinski definition) is 1. The number of anilines is 1. The monoisotopic (exact) mass is 364 g/mol. The Balaban J connectivity index is 1.49. The van der Waals surface area contributed by atoms with E-state index >= 15 is 0 Å². The Labute approximate surface area is 151 Å². The maximum absolute atomic E-state index is 12.4. The van der Waals surface area contributed by atoms with Crippen molar-refractivity contribution in [1.82, 2.24) is 15.2 Å². The molecule has 1 amide bonds. The van der Waals surface area contributed by atoms with Crippen LogP contribution in [0, 0.1) is 0 Å². The second-order valence-electron chi connectivity index (χ2n) is 5.82. The van der Waals surface area contributed by atoms with Crippen LogP contribution in [0.2, 0.25) is 5.02 Å². The van der Waals surface area contributed by atoms with Gasteiger partial charge in [-0.15, -0.1) is 11.3 Å². The predicted molar refractivity (Wildman–Crippen MR) is 98.7 cm³/mol. The first-order chi connectivity index (χ1) is 11.6. The van der Waals surface area contributed by atoms with Crippen molar-refractivity contribution >= 4 is 34.0 Å². The molecule has 0 radical (unpaired) electrons. The van der Waals surface area contributed by atoms with Gasteiger partial charge in [0.1, 0.15) is 0 Å². The van der Waals surface area contributed by atoms with E-state index in [0.717, 1.165) is 36.9 Å². The van der Waals surface area contributed by atoms with E-state index in [9.17, 15) is 4.79 Å². The number of nitrogens with one attached hydrogen (secondary N) is 1. The summed E-state index contributed by atoms with van der Waals surface area (Å²) in [5, 5.41) is 6.72. The van der Waals surface area contributed by atoms with Crippen molar-refractivity contribution in [3.05, 3.63) is 46.4 Å². The lowest BCUT2D eigenvalue weighted by Crippen LogP contribution is -2.53. The molecule has 1 aliphatic rings. The lowest BCUT2D eigenvalue weighted by molar-refractivity contribution is -0.126. The van der Waals surface area contributed by atoms with Gasteiger partial charge in [0.05, 0.1) is 6.04 Å². The second kappa shape index (κ2) is 7.96. The molecule has 0 bridgehead atoms. The molecule has 1 fully saturated rings. The summed E-state index contributed by atoms with van der Waals surface area (Å²) in [4.78, 5) is 21.3. The summed E-state index contributed by atoms with van der Waals surface area (Å²) in [5.74, 6) is 0.0395. The van der Waals surface area contributed by atoms with Gasteiger partial charge in [-0.05, 0) is 18.6 Å². The standard InChI is InChI=1S/C17H21ClN4OS/c1-13(16(23)20-12-14-4-2-3-5-15(14)18)21-7-9-22(10-8-21)17-19-6-11-24-17/h2-6,11,13H,7-10,12H2,1H3,(H,20,23)/t13-/m1/s1. The van der Waals surface area contributed by atoms with Crippen LogP contribution in [0.15, 0.2) is 35.8 Å². The van der Waals surface area contributed by atoms with E-state index in [1.165, 1.54) is 0 Å². The van der Waals surface area contributed by atoms with Gasteiger partial charge in [0.25, 0.3) is 0 Å². The van der Waals surface area contributed by atoms with Crippen molar-refractivity contribution in [2.45, 2.75) is 19.5 Å². The van der Waals surface area contributed by atoms with Gasteiger partial charge in [-0.1, -0.05) is 29.8 Å². The molecule has 24 heavy (non-hydrogen) atoms. The normalized spacial score (nSPS) is 16.8. The Morgan fingerprint density at radius 2 is 2.08 bits per heavy atom. The maximum atomic E-state index is 12.4. The molecule has 1 aromatic heterocycles. The van der Waals surface area contributed by atoms with Gasteiger partial charge in [0.2, 0.25) is 5.91 Å². The van der Waals surface area contributed by atoms with Gasteiger partial charge >= 0.3 is 0 Å². The van der Waals surface area contributed by atoms with Crippen LogP contribution in [-0.4, -0.2) is 48.0 Å². The van der Waals surface area contributed by atoms with Gasteiger partial charge in [0, 0.05) is 49.3 Å². The average molecular weight is 365 g/mol. The number of rotatable bonds is 5. The van der Waals surface area contributed by atoms with Gasteiger partial charge in [-0.2, -0.15) is 0 Å². The third-order valence-corrected chi connectivity index (χ3v) is 5.54. The first kappa shape index (κ1) is 17.2. The van der Waals surface area contributed by atoms with Crippen LogP contribution < -0.4 is 10.2 Å². The highest BCUT2D eigenvalue weighted by Crippen LogP contribution is 2.19. The smallest absolute Gasteiger partial charge is 0.237 e. The Bertz CT molecular complexity index is 671. The number of amides is 1. The number of aromatic nitrogens is 1. The van der Waals surface area contributed by atoms with Gasteiger partial charge in [0.15, 0.2) is 5.13 Å². The molecule has 1 aliphatic heterocycles. The number of benzene rings is 1. The third kappa shape index (κ3) is 4.06. The molecular formula is C17H21ClN4OS. The number of piperazine rings is 1. The highest BCUT2D eigenvalue weighted by Gasteiger charge is 2.26. The van der Waals surface area contributed by atoms with Crippen LogP contribution in [0.5, 0.6) is 0 Å². The molecule has 2 aromatic rings. The molecule has 0 saturated carbocycles. The zero-order chi connectivity index (χ0) is 16.9. The number of hydrogen-bond acceptors (Lipinski definition) is 5. The first-order valence-electron chi connectivity index (χ1n) is 8.05. The molecule has 1 saturated heterocycles. The van der Waals surface area contributed by atoms with E-state index in [0.29, 0.717) is 11.6 Å². The third-order valence-electron chi connectivity index (χ3n) is 4.34. The van der Waals surface area contributed by atoms with Crippen LogP contribution in [-0.2, 0) is 11.3 Å². The summed E-state index contributed by atoms with van der Waals surface area (Å²) in [6.07, 6.45) is 1.83. The summed E-state index contributed by atoms with van der Waals surface area (Å²) in [6.45, 7) is 5.94. The molecular weight excluding hydrogens is 344 g/mol. The van der Waals surface area contributed by atoms with E-state index < -0.39 is 0 Å². The number of thiazole rings is 1. The molecule has 128 valence electrons. The van der Waals surface area contributed by atoms with Crippen molar-refractivity contribution in [2.24, 2.45) is 0 Å². The minimum Gasteiger partial charge on any atom is -0.351 e. The van der Waals surface area contributed by atoms with Crippen LogP contribution in [0.4, 0.5) is 5.13 Å². The van der Waals surface area contributed by atoms with Crippen LogP contribution in [0.3, 0.4) is 0 Å². The zero-order valence-corrected chi connectivity index (χ0v) is 15.2. The summed E-state index contributed by atoms with van der Waals surface area (Å²) < 4.78 is 0. The Kier molecular flexibility index (Phi) is 5.71. The van der Waals surface area contributed by atoms with Crippen molar-refractivity contribution in [2.75, 3.05) is 31.1 Å². The highest BCUT2D eigenvalue weighted by atomic mass is 35.5. The summed E-state index contributed by atoms with van der Waals surface area (Å²) in [7, 11) is 0. The summed E-state index contributed by atoms with van der Waals surface area (Å²) in [6, 6.07) is 7.43. The van der Waals surface area contributed by atoms with Gasteiger partial charge < -0.3 is 10.2 Å².